The molecule has 2 saturated heterocycles. The van der Waals surface area contributed by atoms with Crippen molar-refractivity contribution in [3.8, 4) is 0 Å². The van der Waals surface area contributed by atoms with Gasteiger partial charge in [0.2, 0.25) is 0 Å². The van der Waals surface area contributed by atoms with Crippen molar-refractivity contribution in [1.82, 2.24) is 14.5 Å². The summed E-state index contributed by atoms with van der Waals surface area (Å²) in [4.78, 5) is 40.2. The van der Waals surface area contributed by atoms with Crippen LogP contribution in [-0.4, -0.2) is 95.9 Å². The van der Waals surface area contributed by atoms with Crippen LogP contribution in [0.4, 0.5) is 0 Å². The molecule has 18 atom stereocenters. The first-order chi connectivity index (χ1) is 40.0. The van der Waals surface area contributed by atoms with Gasteiger partial charge in [-0.2, -0.15) is 0 Å². The van der Waals surface area contributed by atoms with Gasteiger partial charge >= 0.3 is 0 Å². The molecule has 8 aliphatic carbocycles. The smallest absolute Gasteiger partial charge is 0.160 e. The lowest BCUT2D eigenvalue weighted by Crippen LogP contribution is -2.74. The highest BCUT2D eigenvalue weighted by molar-refractivity contribution is 6.02. The summed E-state index contributed by atoms with van der Waals surface area (Å²) in [7, 11) is 0. The Bertz CT molecular complexity index is 3280. The Balaban J connectivity index is 0.896. The number of aliphatic hydroxyl groups is 4. The maximum atomic E-state index is 16.6. The highest BCUT2D eigenvalue weighted by Crippen LogP contribution is 2.84. The minimum atomic E-state index is -0.833. The Hall–Kier alpha value is -3.84. The summed E-state index contributed by atoms with van der Waals surface area (Å²) in [5, 5.41) is 48.7. The number of carbonyl (C=O) groups is 2. The summed E-state index contributed by atoms with van der Waals surface area (Å²) >= 11 is 0. The summed E-state index contributed by atoms with van der Waals surface area (Å²) in [6.07, 6.45) is 22.5. The number of hydrogen-bond acceptors (Lipinski definition) is 8. The number of aryl methyl sites for hydroxylation is 1. The number of nitrogens with zero attached hydrogens (tertiary/aromatic N) is 1. The summed E-state index contributed by atoms with van der Waals surface area (Å²) in [5.41, 5.74) is 9.77. The van der Waals surface area contributed by atoms with Crippen molar-refractivity contribution in [3.63, 3.8) is 0 Å². The molecule has 84 heavy (non-hydrogen) atoms. The molecule has 1 spiro atoms. The number of fused-ring (bicyclic) bond motifs is 8. The molecule has 4 aromatic rings. The molecule has 0 radical (unpaired) electrons. The van der Waals surface area contributed by atoms with Gasteiger partial charge in [-0.25, -0.2) is 0 Å². The third kappa shape index (κ3) is 7.94. The van der Waals surface area contributed by atoms with Gasteiger partial charge in [0, 0.05) is 79.2 Å². The minimum Gasteiger partial charge on any atom is -0.392 e. The van der Waals surface area contributed by atoms with E-state index >= 15 is 9.59 Å². The molecule has 6 N–H and O–H groups in total. The predicted octanol–water partition coefficient (Wildman–Crippen LogP) is 13.2. The molecule has 8 fully saturated rings. The maximum Gasteiger partial charge on any atom is 0.160 e. The third-order valence-electron chi connectivity index (χ3n) is 27.9. The van der Waals surface area contributed by atoms with E-state index in [2.05, 4.69) is 106 Å². The Morgan fingerprint density at radius 1 is 0.833 bits per heavy atom. The number of aliphatic hydroxyl groups excluding tert-OH is 4. The van der Waals surface area contributed by atoms with Crippen molar-refractivity contribution < 1.29 is 39.5 Å². The molecule has 11 heteroatoms. The summed E-state index contributed by atoms with van der Waals surface area (Å²) in [6.45, 7) is 20.1. The van der Waals surface area contributed by atoms with E-state index in [9.17, 15) is 20.4 Å². The number of rotatable bonds is 11. The fourth-order valence-corrected chi connectivity index (χ4v) is 23.6. The molecule has 454 valence electrons. The second kappa shape index (κ2) is 19.6. The molecule has 3 aromatic heterocycles. The van der Waals surface area contributed by atoms with E-state index in [0.29, 0.717) is 55.8 Å². The second-order valence-corrected chi connectivity index (χ2v) is 32.3. The third-order valence-corrected chi connectivity index (χ3v) is 27.9. The van der Waals surface area contributed by atoms with Crippen LogP contribution in [0, 0.1) is 62.1 Å². The van der Waals surface area contributed by atoms with Gasteiger partial charge in [-0.15, -0.1) is 0 Å². The van der Waals surface area contributed by atoms with E-state index in [1.807, 2.05) is 0 Å². The van der Waals surface area contributed by atoms with E-state index in [0.717, 1.165) is 107 Å². The largest absolute Gasteiger partial charge is 0.392 e. The first kappa shape index (κ1) is 56.7. The van der Waals surface area contributed by atoms with Crippen LogP contribution in [0.15, 0.2) is 54.0 Å². The van der Waals surface area contributed by atoms with Crippen molar-refractivity contribution in [1.29, 1.82) is 0 Å². The monoisotopic (exact) mass is 1150 g/mol. The van der Waals surface area contributed by atoms with Crippen LogP contribution in [0.5, 0.6) is 0 Å². The molecule has 18 unspecified atom stereocenters. The second-order valence-electron chi connectivity index (χ2n) is 32.3. The molecule has 0 amide bonds. The fraction of sp³-hybridized carbons (Fsp3) is 0.726. The van der Waals surface area contributed by atoms with Crippen LogP contribution in [-0.2, 0) is 38.4 Å². The molecule has 11 aliphatic rings. The van der Waals surface area contributed by atoms with Gasteiger partial charge in [0.1, 0.15) is 11.9 Å². The van der Waals surface area contributed by atoms with Crippen molar-refractivity contribution in [3.05, 3.63) is 93.1 Å². The minimum absolute atomic E-state index is 0.00438. The zero-order chi connectivity index (χ0) is 58.4. The number of allylic oxidation sites excluding steroid dienone is 1. The van der Waals surface area contributed by atoms with Gasteiger partial charge in [-0.3, -0.25) is 9.59 Å². The first-order valence-corrected chi connectivity index (χ1v) is 33.8. The summed E-state index contributed by atoms with van der Waals surface area (Å²) < 4.78 is 14.6. The van der Waals surface area contributed by atoms with Gasteiger partial charge in [-0.05, 0) is 225 Å². The Kier molecular flexibility index (Phi) is 13.2. The zero-order valence-electron chi connectivity index (χ0n) is 52.0. The highest BCUT2D eigenvalue weighted by Gasteiger charge is 2.81. The Morgan fingerprint density at radius 2 is 1.57 bits per heavy atom. The lowest BCUT2D eigenvalue weighted by molar-refractivity contribution is -0.271. The topological polar surface area (TPSA) is 173 Å². The molecule has 1 aromatic carbocycles. The fourth-order valence-electron chi connectivity index (χ4n) is 23.6. The van der Waals surface area contributed by atoms with Crippen molar-refractivity contribution in [2.24, 2.45) is 62.1 Å². The number of epoxide rings is 1. The molecule has 11 nitrogen and oxygen atoms in total. The van der Waals surface area contributed by atoms with Gasteiger partial charge in [0.25, 0.3) is 0 Å². The predicted molar refractivity (Wildman–Crippen MR) is 326 cm³/mol. The summed E-state index contributed by atoms with van der Waals surface area (Å²) in [5.74, 6) is 1.33. The number of H-pyrrole nitrogens is 2. The molecule has 6 saturated carbocycles. The van der Waals surface area contributed by atoms with Crippen LogP contribution < -0.4 is 0 Å². The van der Waals surface area contributed by atoms with E-state index in [-0.39, 0.29) is 41.5 Å². The van der Waals surface area contributed by atoms with Crippen LogP contribution in [0.1, 0.15) is 240 Å². The number of Topliss-reactive ketones (excluding diaryl/α,β-unsaturated/α-hetero) is 2. The number of aromatic amines is 2. The van der Waals surface area contributed by atoms with Crippen molar-refractivity contribution >= 4 is 22.6 Å². The number of nitrogens with one attached hydrogen (secondary N) is 2. The molecular weight excluding hydrogens is 1050 g/mol. The zero-order valence-corrected chi connectivity index (χ0v) is 52.0. The van der Waals surface area contributed by atoms with Gasteiger partial charge in [0.15, 0.2) is 5.78 Å². The molecule has 2 bridgehead atoms. The van der Waals surface area contributed by atoms with E-state index in [1.54, 1.807) is 6.92 Å². The lowest BCUT2D eigenvalue weighted by Gasteiger charge is -2.76. The highest BCUT2D eigenvalue weighted by atomic mass is 16.6. The number of benzene rings is 1. The number of carbonyl (C=O) groups excluding carboxylic acids is 2. The first-order valence-electron chi connectivity index (χ1n) is 33.8. The van der Waals surface area contributed by atoms with Crippen molar-refractivity contribution in [2.45, 2.75) is 257 Å². The van der Waals surface area contributed by atoms with Gasteiger partial charge in [-0.1, -0.05) is 78.5 Å². The average Bonchev–Trinajstić information content (AvgIpc) is 1.15. The quantitative estimate of drug-likeness (QED) is 0.0805. The normalized spacial score (nSPS) is 41.8. The van der Waals surface area contributed by atoms with E-state index in [4.69, 9.17) is 9.47 Å². The number of aromatic nitrogens is 3. The van der Waals surface area contributed by atoms with E-state index < -0.39 is 68.4 Å². The van der Waals surface area contributed by atoms with Gasteiger partial charge < -0.3 is 44.4 Å². The number of ketones is 2. The molecule has 3 aliphatic heterocycles. The number of hydrogen-bond donors (Lipinski definition) is 6. The van der Waals surface area contributed by atoms with Crippen LogP contribution in [0.2, 0.25) is 0 Å². The molecule has 15 rings (SSSR count). The standard InChI is InChI=1S/C73H99N3O8/c1-40(77)53(78)32-41-14-15-50(31-41)71(7)56-18-23-69(5)64(72(56,8)73-24-17-45(34-73)60-51(19-25-74-60)58(73)65(71)82)63(81)52-39-76-38-49(30-42-28-47(43-12-10-9-11-13-43)33-48(29-42)44-20-26-83-27-21-44)61-62(76)46(37-75-61)16-22-68(4,35-55(80)66-67(2,3)84-66)59-54(79)36-70(69,6)57(52)59/h19,25,28-29,33,37-38,40-41,43-45,50,52-53,55-56,58,63-64,66,74-75,77-78,80-81H,9-18,20-24,26-27,30-32,34-36,39H2,1-8H3. The van der Waals surface area contributed by atoms with Crippen LogP contribution in [0.25, 0.3) is 11.0 Å². The van der Waals surface area contributed by atoms with Crippen molar-refractivity contribution in [2.75, 3.05) is 13.2 Å². The van der Waals surface area contributed by atoms with E-state index in [1.165, 1.54) is 76.7 Å². The average molecular weight is 1150 g/mol. The molecule has 6 heterocycles. The Morgan fingerprint density at radius 3 is 2.30 bits per heavy atom. The SMILES string of the molecule is CC(O)C(O)CC1CCC(C2(C)C(=O)C3c4cc[nH]c4C4CCC3(C4)C3(C)C2CCC2(C)C3C(O)C3Cn4cc(Cc5cc(C6CCCCC6)cc(C6CCOCC6)c5)c5[nH]cc(c54)CCC(C)(CC(O)C4OC4(C)C)C4=C3C2(C)CC4=O)C1. The number of ether oxygens (including phenoxy) is 2. The lowest BCUT2D eigenvalue weighted by atomic mass is 9.27. The summed E-state index contributed by atoms with van der Waals surface area (Å²) in [6, 6.07) is 9.84. The maximum absolute atomic E-state index is 16.6. The molecular formula is C73H99N3O8. The Labute approximate surface area is 499 Å². The van der Waals surface area contributed by atoms with Crippen LogP contribution >= 0.6 is 0 Å². The van der Waals surface area contributed by atoms with Crippen LogP contribution in [0.3, 0.4) is 0 Å². The van der Waals surface area contributed by atoms with Gasteiger partial charge in [0.05, 0.1) is 47.0 Å².